The third-order valence-electron chi connectivity index (χ3n) is 4.54. The number of esters is 1. The van der Waals surface area contributed by atoms with Gasteiger partial charge in [-0.15, -0.1) is 0 Å². The first-order valence-corrected chi connectivity index (χ1v) is 9.28. The molecule has 0 radical (unpaired) electrons. The molecule has 0 amide bonds. The molecule has 2 aliphatic rings. The van der Waals surface area contributed by atoms with Crippen molar-refractivity contribution in [2.75, 3.05) is 27.4 Å². The van der Waals surface area contributed by atoms with Crippen LogP contribution in [0.4, 0.5) is 0 Å². The topological polar surface area (TPSA) is 75.6 Å². The van der Waals surface area contributed by atoms with Gasteiger partial charge in [-0.05, 0) is 41.5 Å². The highest BCUT2D eigenvalue weighted by molar-refractivity contribution is 6.07. The van der Waals surface area contributed by atoms with E-state index in [1.54, 1.807) is 26.4 Å². The summed E-state index contributed by atoms with van der Waals surface area (Å²) in [6.45, 7) is 1.23. The molecule has 0 unspecified atom stereocenters. The molecule has 0 aliphatic carbocycles. The van der Waals surface area contributed by atoms with E-state index in [2.05, 4.69) is 4.99 Å². The Balaban J connectivity index is 1.54. The SMILES string of the molecule is COc1ccc(CC2=N/C(=C/c3ccc4c(c3)OCCCO4)C(=O)O2)cc1OC. The van der Waals surface area contributed by atoms with Gasteiger partial charge in [0.05, 0.1) is 27.4 Å². The first-order chi connectivity index (χ1) is 14.2. The van der Waals surface area contributed by atoms with E-state index in [1.165, 1.54) is 0 Å². The van der Waals surface area contributed by atoms with E-state index in [0.29, 0.717) is 48.5 Å². The zero-order valence-electron chi connectivity index (χ0n) is 16.3. The average molecular weight is 395 g/mol. The molecule has 0 N–H and O–H groups in total. The van der Waals surface area contributed by atoms with Crippen molar-refractivity contribution in [1.82, 2.24) is 0 Å². The number of methoxy groups -OCH3 is 2. The van der Waals surface area contributed by atoms with Gasteiger partial charge in [0.25, 0.3) is 0 Å². The van der Waals surface area contributed by atoms with Crippen LogP contribution in [0.5, 0.6) is 23.0 Å². The van der Waals surface area contributed by atoms with Gasteiger partial charge in [0.1, 0.15) is 0 Å². The summed E-state index contributed by atoms with van der Waals surface area (Å²) in [7, 11) is 3.15. The number of ether oxygens (including phenoxy) is 5. The van der Waals surface area contributed by atoms with E-state index in [1.807, 2.05) is 30.3 Å². The van der Waals surface area contributed by atoms with E-state index in [9.17, 15) is 4.79 Å². The molecule has 0 saturated carbocycles. The van der Waals surface area contributed by atoms with E-state index in [4.69, 9.17) is 23.7 Å². The van der Waals surface area contributed by atoms with Gasteiger partial charge in [0.15, 0.2) is 28.7 Å². The van der Waals surface area contributed by atoms with Crippen LogP contribution in [0.2, 0.25) is 0 Å². The fourth-order valence-electron chi connectivity index (χ4n) is 3.12. The van der Waals surface area contributed by atoms with E-state index < -0.39 is 5.97 Å². The van der Waals surface area contributed by atoms with Gasteiger partial charge in [-0.2, -0.15) is 0 Å². The number of aliphatic imine (C=N–C) groups is 1. The van der Waals surface area contributed by atoms with Crippen molar-refractivity contribution in [2.24, 2.45) is 4.99 Å². The molecule has 2 aromatic carbocycles. The Labute approximate surface area is 168 Å². The second-order valence-electron chi connectivity index (χ2n) is 6.55. The van der Waals surface area contributed by atoms with E-state index in [0.717, 1.165) is 17.5 Å². The molecule has 0 spiro atoms. The van der Waals surface area contributed by atoms with Crippen LogP contribution < -0.4 is 18.9 Å². The number of carbonyl (C=O) groups is 1. The highest BCUT2D eigenvalue weighted by Gasteiger charge is 2.23. The zero-order chi connectivity index (χ0) is 20.2. The summed E-state index contributed by atoms with van der Waals surface area (Å²) >= 11 is 0. The van der Waals surface area contributed by atoms with Crippen LogP contribution in [0, 0.1) is 0 Å². The molecule has 2 aliphatic heterocycles. The lowest BCUT2D eigenvalue weighted by atomic mass is 10.1. The summed E-state index contributed by atoms with van der Waals surface area (Å²) in [6, 6.07) is 11.0. The molecule has 150 valence electrons. The van der Waals surface area contributed by atoms with Crippen LogP contribution in [0.15, 0.2) is 47.1 Å². The predicted octanol–water partition coefficient (Wildman–Crippen LogP) is 3.40. The minimum absolute atomic E-state index is 0.245. The summed E-state index contributed by atoms with van der Waals surface area (Å²) in [5.74, 6) is 2.47. The second kappa shape index (κ2) is 8.26. The Morgan fingerprint density at radius 3 is 2.59 bits per heavy atom. The maximum atomic E-state index is 12.2. The fraction of sp³-hybridized carbons (Fsp3) is 0.273. The molecule has 0 atom stereocenters. The molecule has 0 saturated heterocycles. The average Bonchev–Trinajstić information content (AvgIpc) is 2.92. The summed E-state index contributed by atoms with van der Waals surface area (Å²) in [4.78, 5) is 16.6. The van der Waals surface area contributed by atoms with Crippen LogP contribution in [0.3, 0.4) is 0 Å². The molecule has 0 bridgehead atoms. The lowest BCUT2D eigenvalue weighted by molar-refractivity contribution is -0.130. The van der Waals surface area contributed by atoms with Crippen LogP contribution in [0.25, 0.3) is 6.08 Å². The number of rotatable bonds is 5. The molecule has 7 heteroatoms. The monoisotopic (exact) mass is 395 g/mol. The Bertz CT molecular complexity index is 995. The zero-order valence-corrected chi connectivity index (χ0v) is 16.3. The number of benzene rings is 2. The van der Waals surface area contributed by atoms with Crippen LogP contribution in [-0.2, 0) is 16.0 Å². The van der Waals surface area contributed by atoms with Gasteiger partial charge in [-0.1, -0.05) is 12.1 Å². The second-order valence-corrected chi connectivity index (χ2v) is 6.55. The van der Waals surface area contributed by atoms with E-state index >= 15 is 0 Å². The summed E-state index contributed by atoms with van der Waals surface area (Å²) in [6.07, 6.45) is 2.88. The van der Waals surface area contributed by atoms with Crippen molar-refractivity contribution in [3.63, 3.8) is 0 Å². The lowest BCUT2D eigenvalue weighted by Gasteiger charge is -2.09. The minimum atomic E-state index is -0.479. The molecule has 0 aromatic heterocycles. The molecule has 29 heavy (non-hydrogen) atoms. The smallest absolute Gasteiger partial charge is 0.363 e. The third kappa shape index (κ3) is 4.18. The van der Waals surface area contributed by atoms with Gasteiger partial charge in [0, 0.05) is 12.8 Å². The molecule has 7 nitrogen and oxygen atoms in total. The normalized spacial score (nSPS) is 16.8. The van der Waals surface area contributed by atoms with Crippen molar-refractivity contribution in [2.45, 2.75) is 12.8 Å². The summed E-state index contributed by atoms with van der Waals surface area (Å²) < 4.78 is 27.2. The van der Waals surface area contributed by atoms with Gasteiger partial charge in [0.2, 0.25) is 5.90 Å². The Morgan fingerprint density at radius 1 is 1.00 bits per heavy atom. The lowest BCUT2D eigenvalue weighted by Crippen LogP contribution is -2.07. The number of carbonyl (C=O) groups excluding carboxylic acids is 1. The maximum Gasteiger partial charge on any atom is 0.363 e. The minimum Gasteiger partial charge on any atom is -0.493 e. The van der Waals surface area contributed by atoms with Crippen LogP contribution in [0.1, 0.15) is 17.5 Å². The molecule has 4 rings (SSSR count). The highest BCUT2D eigenvalue weighted by atomic mass is 16.6. The predicted molar refractivity (Wildman–Crippen MR) is 107 cm³/mol. The van der Waals surface area contributed by atoms with Gasteiger partial charge in [-0.3, -0.25) is 0 Å². The van der Waals surface area contributed by atoms with Gasteiger partial charge < -0.3 is 23.7 Å². The van der Waals surface area contributed by atoms with Crippen molar-refractivity contribution in [3.05, 3.63) is 53.2 Å². The first-order valence-electron chi connectivity index (χ1n) is 9.28. The van der Waals surface area contributed by atoms with Gasteiger partial charge >= 0.3 is 5.97 Å². The van der Waals surface area contributed by atoms with Crippen LogP contribution >= 0.6 is 0 Å². The van der Waals surface area contributed by atoms with Crippen molar-refractivity contribution in [1.29, 1.82) is 0 Å². The number of hydrogen-bond donors (Lipinski definition) is 0. The number of cyclic esters (lactones) is 1. The van der Waals surface area contributed by atoms with Crippen molar-refractivity contribution < 1.29 is 28.5 Å². The maximum absolute atomic E-state index is 12.2. The Morgan fingerprint density at radius 2 is 1.79 bits per heavy atom. The third-order valence-corrected chi connectivity index (χ3v) is 4.54. The Kier molecular flexibility index (Phi) is 5.37. The standard InChI is InChI=1S/C22H21NO6/c1-25-17-6-4-15(11-19(17)26-2)13-21-23-16(22(24)29-21)10-14-5-7-18-20(12-14)28-9-3-8-27-18/h4-7,10-12H,3,8-9,13H2,1-2H3/b16-10+. The quantitative estimate of drug-likeness (QED) is 0.571. The Hall–Kier alpha value is -3.48. The molecular weight excluding hydrogens is 374 g/mol. The van der Waals surface area contributed by atoms with Crippen LogP contribution in [-0.4, -0.2) is 39.3 Å². The largest absolute Gasteiger partial charge is 0.493 e. The van der Waals surface area contributed by atoms with Crippen molar-refractivity contribution >= 4 is 17.9 Å². The highest BCUT2D eigenvalue weighted by Crippen LogP contribution is 2.32. The summed E-state index contributed by atoms with van der Waals surface area (Å²) in [5.41, 5.74) is 1.93. The molecule has 2 aromatic rings. The molecule has 0 fully saturated rings. The summed E-state index contributed by atoms with van der Waals surface area (Å²) in [5, 5.41) is 0. The number of nitrogens with zero attached hydrogens (tertiary/aromatic N) is 1. The van der Waals surface area contributed by atoms with E-state index in [-0.39, 0.29) is 5.70 Å². The number of fused-ring (bicyclic) bond motifs is 1. The molecule has 2 heterocycles. The number of hydrogen-bond acceptors (Lipinski definition) is 7. The van der Waals surface area contributed by atoms with Gasteiger partial charge in [-0.25, -0.2) is 9.79 Å². The fourth-order valence-corrected chi connectivity index (χ4v) is 3.12. The first kappa shape index (κ1) is 18.9. The molecular formula is C22H21NO6. The van der Waals surface area contributed by atoms with Crippen molar-refractivity contribution in [3.8, 4) is 23.0 Å².